The molecule has 92 valence electrons. The number of aldehydes is 1. The van der Waals surface area contributed by atoms with E-state index < -0.39 is 5.60 Å². The number of carbonyl (C=O) groups is 2. The highest BCUT2D eigenvalue weighted by molar-refractivity contribution is 6.05. The lowest BCUT2D eigenvalue weighted by Gasteiger charge is -2.25. The molecule has 0 N–H and O–H groups in total. The van der Waals surface area contributed by atoms with Crippen LogP contribution >= 0.6 is 0 Å². The summed E-state index contributed by atoms with van der Waals surface area (Å²) in [6.07, 6.45) is 0.793. The molecular weight excluding hydrogens is 205 g/mol. The number of hydrogen-bond donors (Lipinski definition) is 0. The molecule has 16 heavy (non-hydrogen) atoms. The van der Waals surface area contributed by atoms with Gasteiger partial charge in [0.05, 0.1) is 7.85 Å². The first-order chi connectivity index (χ1) is 7.40. The minimum atomic E-state index is -0.480. The van der Waals surface area contributed by atoms with Crippen LogP contribution in [0.25, 0.3) is 0 Å². The van der Waals surface area contributed by atoms with Gasteiger partial charge in [-0.25, -0.2) is 4.79 Å². The van der Waals surface area contributed by atoms with Crippen LogP contribution in [-0.4, -0.2) is 43.8 Å². The molecule has 0 aromatic heterocycles. The largest absolute Gasteiger partial charge is 0.444 e. The minimum Gasteiger partial charge on any atom is -0.444 e. The van der Waals surface area contributed by atoms with Crippen molar-refractivity contribution in [3.63, 3.8) is 0 Å². The van der Waals surface area contributed by atoms with E-state index in [1.54, 1.807) is 0 Å². The van der Waals surface area contributed by atoms with Crippen LogP contribution in [0.4, 0.5) is 4.79 Å². The van der Waals surface area contributed by atoms with E-state index in [9.17, 15) is 9.59 Å². The second kappa shape index (κ2) is 9.25. The molecule has 5 heteroatoms. The van der Waals surface area contributed by atoms with E-state index in [1.807, 2.05) is 27.7 Å². The van der Waals surface area contributed by atoms with Crippen LogP contribution < -0.4 is 0 Å². The summed E-state index contributed by atoms with van der Waals surface area (Å²) >= 11 is 0. The number of rotatable bonds is 4. The van der Waals surface area contributed by atoms with Gasteiger partial charge < -0.3 is 14.4 Å². The molecule has 0 bridgehead atoms. The molecule has 0 fully saturated rings. The molecular formula is C11H22BNO3. The van der Waals surface area contributed by atoms with Crippen LogP contribution in [-0.2, 0) is 9.53 Å². The van der Waals surface area contributed by atoms with Crippen LogP contribution in [0.15, 0.2) is 0 Å². The molecule has 0 aliphatic rings. The molecule has 0 aromatic carbocycles. The fraction of sp³-hybridized carbons (Fsp3) is 0.818. The quantitative estimate of drug-likeness (QED) is 0.545. The Balaban J connectivity index is 0. The van der Waals surface area contributed by atoms with E-state index in [2.05, 4.69) is 7.85 Å². The molecule has 0 aliphatic heterocycles. The van der Waals surface area contributed by atoms with E-state index >= 15 is 0 Å². The second-order valence-corrected chi connectivity index (χ2v) is 4.02. The maximum Gasteiger partial charge on any atom is 0.410 e. The lowest BCUT2D eigenvalue weighted by Crippen LogP contribution is -2.37. The van der Waals surface area contributed by atoms with Crippen LogP contribution in [0.5, 0.6) is 0 Å². The summed E-state index contributed by atoms with van der Waals surface area (Å²) in [5.41, 5.74) is -0.480. The van der Waals surface area contributed by atoms with Crippen molar-refractivity contribution in [2.45, 2.75) is 46.5 Å². The first-order valence-corrected chi connectivity index (χ1v) is 5.40. The van der Waals surface area contributed by atoms with Gasteiger partial charge in [0.15, 0.2) is 0 Å². The lowest BCUT2D eigenvalue weighted by molar-refractivity contribution is -0.108. The van der Waals surface area contributed by atoms with Crippen molar-refractivity contribution in [1.82, 2.24) is 4.90 Å². The van der Waals surface area contributed by atoms with Gasteiger partial charge in [-0.15, -0.1) is 0 Å². The average Bonchev–Trinajstić information content (AvgIpc) is 2.19. The Morgan fingerprint density at radius 2 is 1.88 bits per heavy atom. The number of hydrogen-bond acceptors (Lipinski definition) is 3. The van der Waals surface area contributed by atoms with Crippen molar-refractivity contribution in [2.24, 2.45) is 0 Å². The van der Waals surface area contributed by atoms with Crippen molar-refractivity contribution in [3.05, 3.63) is 0 Å². The maximum absolute atomic E-state index is 11.5. The third-order valence-corrected chi connectivity index (χ3v) is 1.55. The third kappa shape index (κ3) is 9.56. The Morgan fingerprint density at radius 1 is 1.38 bits per heavy atom. The highest BCUT2D eigenvalue weighted by Crippen LogP contribution is 2.09. The van der Waals surface area contributed by atoms with Gasteiger partial charge in [0.25, 0.3) is 0 Å². The average molecular weight is 227 g/mol. The zero-order chi connectivity index (χ0) is 13.2. The minimum absolute atomic E-state index is 0.354. The van der Waals surface area contributed by atoms with Crippen molar-refractivity contribution in [1.29, 1.82) is 0 Å². The molecule has 0 heterocycles. The maximum atomic E-state index is 11.5. The fourth-order valence-corrected chi connectivity index (χ4v) is 0.914. The molecule has 0 spiro atoms. The normalized spacial score (nSPS) is 9.81. The summed E-state index contributed by atoms with van der Waals surface area (Å²) < 4.78 is 5.16. The van der Waals surface area contributed by atoms with E-state index in [-0.39, 0.29) is 6.09 Å². The van der Waals surface area contributed by atoms with Crippen molar-refractivity contribution >= 4 is 20.2 Å². The summed E-state index contributed by atoms with van der Waals surface area (Å²) in [5, 5.41) is 0. The fourth-order valence-electron chi connectivity index (χ4n) is 0.914. The second-order valence-electron chi connectivity index (χ2n) is 4.02. The van der Waals surface area contributed by atoms with Crippen LogP contribution in [0.2, 0.25) is 6.82 Å². The molecule has 0 rings (SSSR count). The predicted molar refractivity (Wildman–Crippen MR) is 65.8 cm³/mol. The van der Waals surface area contributed by atoms with Crippen molar-refractivity contribution in [2.75, 3.05) is 13.1 Å². The number of nitrogens with zero attached hydrogens (tertiary/aromatic N) is 1. The van der Waals surface area contributed by atoms with Crippen molar-refractivity contribution in [3.8, 4) is 0 Å². The molecule has 0 aliphatic carbocycles. The highest BCUT2D eigenvalue weighted by atomic mass is 16.6. The Bertz CT molecular complexity index is 202. The Hall–Kier alpha value is -0.995. The SMILES string of the molecule is CCN(CCC=O)C(=O)OC(C)(C)C.[B]C. The first kappa shape index (κ1) is 17.4. The molecule has 0 saturated heterocycles. The van der Waals surface area contributed by atoms with Crippen molar-refractivity contribution < 1.29 is 14.3 Å². The molecule has 2 radical (unpaired) electrons. The van der Waals surface area contributed by atoms with Gasteiger partial charge in [-0.2, -0.15) is 0 Å². The predicted octanol–water partition coefficient (Wildman–Crippen LogP) is 2.04. The van der Waals surface area contributed by atoms with Gasteiger partial charge in [0, 0.05) is 19.5 Å². The summed E-state index contributed by atoms with van der Waals surface area (Å²) in [4.78, 5) is 23.2. The zero-order valence-electron chi connectivity index (χ0n) is 10.9. The van der Waals surface area contributed by atoms with Crippen LogP contribution in [0.3, 0.4) is 0 Å². The summed E-state index contributed by atoms with van der Waals surface area (Å²) in [6, 6.07) is 0. The van der Waals surface area contributed by atoms with Crippen LogP contribution in [0.1, 0.15) is 34.1 Å². The molecule has 1 amide bonds. The van der Waals surface area contributed by atoms with Crippen LogP contribution in [0, 0.1) is 0 Å². The first-order valence-electron chi connectivity index (χ1n) is 5.40. The monoisotopic (exact) mass is 227 g/mol. The number of amides is 1. The van der Waals surface area contributed by atoms with E-state index in [1.165, 1.54) is 11.7 Å². The smallest absolute Gasteiger partial charge is 0.410 e. The van der Waals surface area contributed by atoms with Gasteiger partial charge >= 0.3 is 6.09 Å². The summed E-state index contributed by atoms with van der Waals surface area (Å²) in [7, 11) is 4.50. The highest BCUT2D eigenvalue weighted by Gasteiger charge is 2.20. The topological polar surface area (TPSA) is 46.6 Å². The van der Waals surface area contributed by atoms with E-state index in [0.29, 0.717) is 19.5 Å². The molecule has 0 unspecified atom stereocenters. The van der Waals surface area contributed by atoms with E-state index in [4.69, 9.17) is 4.74 Å². The molecule has 0 saturated carbocycles. The standard InChI is InChI=1S/C10H19NO3.CH3B/c1-5-11(7-6-8-12)9(13)14-10(2,3)4;1-2/h8H,5-7H2,1-4H3;1H3. The van der Waals surface area contributed by atoms with Gasteiger partial charge in [0.1, 0.15) is 11.9 Å². The van der Waals surface area contributed by atoms with Gasteiger partial charge in [-0.1, -0.05) is 6.82 Å². The lowest BCUT2D eigenvalue weighted by atomic mass is 10.2. The molecule has 0 aromatic rings. The number of carbonyl (C=O) groups excluding carboxylic acids is 2. The third-order valence-electron chi connectivity index (χ3n) is 1.55. The number of ether oxygens (including phenoxy) is 1. The Kier molecular flexibility index (Phi) is 10.1. The molecule has 0 atom stereocenters. The summed E-state index contributed by atoms with van der Waals surface area (Å²) in [5.74, 6) is 0. The Labute approximate surface area is 99.7 Å². The Morgan fingerprint density at radius 3 is 2.19 bits per heavy atom. The zero-order valence-corrected chi connectivity index (χ0v) is 10.9. The molecule has 4 nitrogen and oxygen atoms in total. The summed E-state index contributed by atoms with van der Waals surface area (Å²) in [6.45, 7) is 9.79. The van der Waals surface area contributed by atoms with Gasteiger partial charge in [-0.3, -0.25) is 0 Å². The van der Waals surface area contributed by atoms with Gasteiger partial charge in [0.2, 0.25) is 0 Å². The van der Waals surface area contributed by atoms with Gasteiger partial charge in [-0.05, 0) is 27.7 Å². The van der Waals surface area contributed by atoms with E-state index in [0.717, 1.165) is 6.29 Å².